The molecule has 2 saturated heterocycles. The smallest absolute Gasteiger partial charge is 0.335 e. The van der Waals surface area contributed by atoms with Gasteiger partial charge in [-0.1, -0.05) is 32.0 Å². The van der Waals surface area contributed by atoms with E-state index in [1.165, 1.54) is 5.56 Å². The lowest BCUT2D eigenvalue weighted by molar-refractivity contribution is -0.0592. The van der Waals surface area contributed by atoms with Gasteiger partial charge in [0.1, 0.15) is 17.3 Å². The lowest BCUT2D eigenvalue weighted by atomic mass is 10.0. The molecular weight excluding hydrogens is 544 g/mol. The van der Waals surface area contributed by atoms with Crippen LogP contribution in [0.15, 0.2) is 60.7 Å². The van der Waals surface area contributed by atoms with Gasteiger partial charge in [-0.25, -0.2) is 9.78 Å². The van der Waals surface area contributed by atoms with E-state index in [2.05, 4.69) is 35.4 Å². The number of fused-ring (bicyclic) bond motifs is 1. The molecule has 43 heavy (non-hydrogen) atoms. The highest BCUT2D eigenvalue weighted by molar-refractivity contribution is 5.95. The first kappa shape index (κ1) is 28.9. The lowest BCUT2D eigenvalue weighted by Gasteiger charge is -2.35. The summed E-state index contributed by atoms with van der Waals surface area (Å²) in [5.74, 6) is 1.80. The van der Waals surface area contributed by atoms with Crippen LogP contribution in [0.5, 0.6) is 11.5 Å². The van der Waals surface area contributed by atoms with Gasteiger partial charge in [-0.2, -0.15) is 0 Å². The van der Waals surface area contributed by atoms with Crippen molar-refractivity contribution >= 4 is 22.9 Å². The average Bonchev–Trinajstić information content (AvgIpc) is 3.31. The van der Waals surface area contributed by atoms with E-state index < -0.39 is 5.97 Å². The number of ether oxygens (including phenoxy) is 2. The molecule has 6 rings (SSSR count). The number of amides is 1. The SMILES string of the molecule is Cc1cc(C(C)C)ccc1Oc1cccc(C(=O)N2CCN(Cc3nc4ccc(C(=O)O)cc4n3CC3CCO3)CC2)c1. The Balaban J connectivity index is 1.11. The molecule has 3 aromatic carbocycles. The van der Waals surface area contributed by atoms with Crippen molar-refractivity contribution in [1.82, 2.24) is 19.4 Å². The zero-order valence-corrected chi connectivity index (χ0v) is 25.0. The molecule has 1 unspecified atom stereocenters. The fourth-order valence-corrected chi connectivity index (χ4v) is 5.72. The van der Waals surface area contributed by atoms with Crippen molar-refractivity contribution in [3.8, 4) is 11.5 Å². The number of nitrogens with zero attached hydrogens (tertiary/aromatic N) is 4. The van der Waals surface area contributed by atoms with Gasteiger partial charge in [-0.05, 0) is 72.9 Å². The summed E-state index contributed by atoms with van der Waals surface area (Å²) >= 11 is 0. The maximum Gasteiger partial charge on any atom is 0.335 e. The van der Waals surface area contributed by atoms with Crippen LogP contribution in [0.1, 0.15) is 63.9 Å². The largest absolute Gasteiger partial charge is 0.478 e. The van der Waals surface area contributed by atoms with Crippen molar-refractivity contribution in [2.75, 3.05) is 32.8 Å². The van der Waals surface area contributed by atoms with E-state index in [0.717, 1.165) is 41.2 Å². The van der Waals surface area contributed by atoms with Gasteiger partial charge in [0.15, 0.2) is 0 Å². The number of aromatic carboxylic acids is 1. The van der Waals surface area contributed by atoms with E-state index in [1.807, 2.05) is 42.2 Å². The van der Waals surface area contributed by atoms with Gasteiger partial charge in [0.05, 0.1) is 35.8 Å². The molecule has 1 N–H and O–H groups in total. The van der Waals surface area contributed by atoms with Crippen LogP contribution < -0.4 is 4.74 Å². The Kier molecular flexibility index (Phi) is 8.19. The second-order valence-corrected chi connectivity index (χ2v) is 11.8. The molecule has 2 fully saturated rings. The molecule has 1 atom stereocenters. The molecule has 3 heterocycles. The van der Waals surface area contributed by atoms with E-state index in [1.54, 1.807) is 18.2 Å². The summed E-state index contributed by atoms with van der Waals surface area (Å²) in [5, 5.41) is 9.51. The number of hydrogen-bond donors (Lipinski definition) is 1. The highest BCUT2D eigenvalue weighted by Crippen LogP contribution is 2.29. The van der Waals surface area contributed by atoms with Crippen LogP contribution in [0.3, 0.4) is 0 Å². The summed E-state index contributed by atoms with van der Waals surface area (Å²) in [5.41, 5.74) is 4.78. The highest BCUT2D eigenvalue weighted by atomic mass is 16.5. The molecule has 1 aromatic heterocycles. The summed E-state index contributed by atoms with van der Waals surface area (Å²) in [6.07, 6.45) is 1.09. The highest BCUT2D eigenvalue weighted by Gasteiger charge is 2.26. The van der Waals surface area contributed by atoms with Gasteiger partial charge >= 0.3 is 5.97 Å². The zero-order chi connectivity index (χ0) is 30.1. The van der Waals surface area contributed by atoms with E-state index in [4.69, 9.17) is 14.5 Å². The van der Waals surface area contributed by atoms with Crippen molar-refractivity contribution in [2.24, 2.45) is 0 Å². The van der Waals surface area contributed by atoms with Crippen LogP contribution in [-0.2, 0) is 17.8 Å². The number of carbonyl (C=O) groups excluding carboxylic acids is 1. The minimum absolute atomic E-state index is 0.00690. The molecular formula is C34H38N4O5. The molecule has 2 aliphatic rings. The van der Waals surface area contributed by atoms with Gasteiger partial charge < -0.3 is 24.0 Å². The third-order valence-corrected chi connectivity index (χ3v) is 8.45. The Morgan fingerprint density at radius 1 is 1.02 bits per heavy atom. The number of carboxylic acid groups (broad SMARTS) is 1. The van der Waals surface area contributed by atoms with Crippen LogP contribution in [-0.4, -0.2) is 75.2 Å². The molecule has 0 spiro atoms. The number of aryl methyl sites for hydroxylation is 1. The fraction of sp³-hybridized carbons (Fsp3) is 0.382. The minimum Gasteiger partial charge on any atom is -0.478 e. The van der Waals surface area contributed by atoms with E-state index >= 15 is 0 Å². The van der Waals surface area contributed by atoms with E-state index in [9.17, 15) is 14.7 Å². The predicted octanol–water partition coefficient (Wildman–Crippen LogP) is 5.71. The topological polar surface area (TPSA) is 97.1 Å². The Morgan fingerprint density at radius 3 is 2.49 bits per heavy atom. The Morgan fingerprint density at radius 2 is 1.81 bits per heavy atom. The second-order valence-electron chi connectivity index (χ2n) is 11.8. The van der Waals surface area contributed by atoms with Gasteiger partial charge in [0.25, 0.3) is 5.91 Å². The molecule has 224 valence electrons. The number of carboxylic acids is 1. The molecule has 9 nitrogen and oxygen atoms in total. The van der Waals surface area contributed by atoms with Gasteiger partial charge in [0.2, 0.25) is 0 Å². The number of hydrogen-bond acceptors (Lipinski definition) is 6. The molecule has 2 aliphatic heterocycles. The number of benzene rings is 3. The molecule has 0 aliphatic carbocycles. The first-order valence-electron chi connectivity index (χ1n) is 15.0. The molecule has 0 saturated carbocycles. The fourth-order valence-electron chi connectivity index (χ4n) is 5.72. The Hall–Kier alpha value is -4.21. The van der Waals surface area contributed by atoms with Crippen LogP contribution in [0.25, 0.3) is 11.0 Å². The van der Waals surface area contributed by atoms with Crippen molar-refractivity contribution in [2.45, 2.75) is 52.3 Å². The van der Waals surface area contributed by atoms with Crippen molar-refractivity contribution in [3.63, 3.8) is 0 Å². The van der Waals surface area contributed by atoms with Gasteiger partial charge in [-0.15, -0.1) is 0 Å². The summed E-state index contributed by atoms with van der Waals surface area (Å²) in [6.45, 7) is 11.0. The Labute approximate surface area is 251 Å². The molecule has 0 radical (unpaired) electrons. The third-order valence-electron chi connectivity index (χ3n) is 8.45. The summed E-state index contributed by atoms with van der Waals surface area (Å²) in [6, 6.07) is 18.7. The molecule has 1 amide bonds. The molecule has 0 bridgehead atoms. The van der Waals surface area contributed by atoms with Crippen LogP contribution >= 0.6 is 0 Å². The number of carbonyl (C=O) groups is 2. The lowest BCUT2D eigenvalue weighted by Crippen LogP contribution is -2.48. The average molecular weight is 583 g/mol. The van der Waals surface area contributed by atoms with Gasteiger partial charge in [-0.3, -0.25) is 9.69 Å². The van der Waals surface area contributed by atoms with Crippen LogP contribution in [0.2, 0.25) is 0 Å². The quantitative estimate of drug-likeness (QED) is 0.270. The van der Waals surface area contributed by atoms with E-state index in [0.29, 0.717) is 56.5 Å². The third kappa shape index (κ3) is 6.28. The molecule has 4 aromatic rings. The number of imidazole rings is 1. The zero-order valence-electron chi connectivity index (χ0n) is 25.0. The number of aromatic nitrogens is 2. The number of piperazine rings is 1. The van der Waals surface area contributed by atoms with Crippen molar-refractivity contribution in [1.29, 1.82) is 0 Å². The summed E-state index contributed by atoms with van der Waals surface area (Å²) in [4.78, 5) is 34.1. The normalized spacial score (nSPS) is 17.3. The van der Waals surface area contributed by atoms with Crippen molar-refractivity contribution in [3.05, 3.63) is 88.7 Å². The maximum absolute atomic E-state index is 13.4. The first-order valence-corrected chi connectivity index (χ1v) is 15.0. The minimum atomic E-state index is -0.954. The maximum atomic E-state index is 13.4. The van der Waals surface area contributed by atoms with E-state index in [-0.39, 0.29) is 17.6 Å². The first-order chi connectivity index (χ1) is 20.7. The number of rotatable bonds is 9. The standard InChI is InChI=1S/C34H38N4O5/c1-22(2)24-8-10-31(23(3)17-24)43-27-6-4-5-25(18-27)33(39)37-14-12-36(13-15-37)21-32-35-29-9-7-26(34(40)41)19-30(29)38(32)20-28-11-16-42-28/h4-10,17-19,22,28H,11-16,20-21H2,1-3H3,(H,40,41). The second kappa shape index (κ2) is 12.2. The van der Waals surface area contributed by atoms with Crippen LogP contribution in [0, 0.1) is 6.92 Å². The predicted molar refractivity (Wildman–Crippen MR) is 164 cm³/mol. The Bertz CT molecular complexity index is 1650. The molecule has 9 heteroatoms. The van der Waals surface area contributed by atoms with Crippen molar-refractivity contribution < 1.29 is 24.2 Å². The summed E-state index contributed by atoms with van der Waals surface area (Å²) in [7, 11) is 0. The monoisotopic (exact) mass is 582 g/mol. The summed E-state index contributed by atoms with van der Waals surface area (Å²) < 4.78 is 14.0. The van der Waals surface area contributed by atoms with Crippen LogP contribution in [0.4, 0.5) is 0 Å². The van der Waals surface area contributed by atoms with Gasteiger partial charge in [0, 0.05) is 38.3 Å².